The van der Waals surface area contributed by atoms with Crippen LogP contribution >= 0.6 is 0 Å². The SMILES string of the molecule is C[Si-](C)(C)CCS(=O)(=O)n1ncc2cc(C[C@@H](NC(=O)N3CCC(N4Cc5ccccc5NC4=O)CC3)C(=O)O)ccc21. The molecule has 1 fully saturated rings. The second-order valence-electron chi connectivity index (χ2n) is 12.5. The molecule has 5 rings (SSSR count). The van der Waals surface area contributed by atoms with Crippen molar-refractivity contribution in [3.8, 4) is 0 Å². The van der Waals surface area contributed by atoms with E-state index >= 15 is 0 Å². The van der Waals surface area contributed by atoms with E-state index in [9.17, 15) is 27.9 Å². The summed E-state index contributed by atoms with van der Waals surface area (Å²) in [4.78, 5) is 41.2. The lowest BCUT2D eigenvalue weighted by atomic mass is 10.0. The van der Waals surface area contributed by atoms with Gasteiger partial charge in [0.2, 0.25) is 0 Å². The maximum absolute atomic E-state index is 13.1. The third kappa shape index (κ3) is 7.01. The average Bonchev–Trinajstić information content (AvgIpc) is 3.39. The Morgan fingerprint density at radius 2 is 1.86 bits per heavy atom. The van der Waals surface area contributed by atoms with Gasteiger partial charge in [0.15, 0.2) is 0 Å². The fourth-order valence-electron chi connectivity index (χ4n) is 5.50. The number of carboxylic acid groups (broad SMARTS) is 1. The van der Waals surface area contributed by atoms with Gasteiger partial charge in [-0.15, -0.1) is 14.1 Å². The number of hydrogen-bond acceptors (Lipinski definition) is 6. The topological polar surface area (TPSA) is 154 Å². The van der Waals surface area contributed by atoms with Crippen LogP contribution < -0.4 is 10.6 Å². The predicted octanol–water partition coefficient (Wildman–Crippen LogP) is 3.77. The Kier molecular flexibility index (Phi) is 8.52. The van der Waals surface area contributed by atoms with Crippen LogP contribution in [0, 0.1) is 0 Å². The summed E-state index contributed by atoms with van der Waals surface area (Å²) in [6.07, 6.45) is 2.66. The summed E-state index contributed by atoms with van der Waals surface area (Å²) in [7, 11) is -5.19. The van der Waals surface area contributed by atoms with Crippen LogP contribution in [0.5, 0.6) is 0 Å². The molecule has 1 aromatic heterocycles. The van der Waals surface area contributed by atoms with E-state index < -0.39 is 36.1 Å². The Labute approximate surface area is 252 Å². The first-order valence-electron chi connectivity index (χ1n) is 14.4. The molecule has 0 saturated carbocycles. The predicted molar refractivity (Wildman–Crippen MR) is 166 cm³/mol. The first-order chi connectivity index (χ1) is 20.3. The molecule has 1 atom stereocenters. The fourth-order valence-corrected chi connectivity index (χ4v) is 9.81. The number of piperidine rings is 1. The lowest BCUT2D eigenvalue weighted by Gasteiger charge is -2.40. The van der Waals surface area contributed by atoms with Gasteiger partial charge >= 0.3 is 18.0 Å². The van der Waals surface area contributed by atoms with Gasteiger partial charge in [0, 0.05) is 48.9 Å². The Bertz CT molecular complexity index is 1640. The molecule has 3 N–H and O–H groups in total. The summed E-state index contributed by atoms with van der Waals surface area (Å²) in [5, 5.41) is 20.1. The molecule has 0 radical (unpaired) electrons. The summed E-state index contributed by atoms with van der Waals surface area (Å²) in [5.41, 5.74) is 2.93. The van der Waals surface area contributed by atoms with E-state index in [2.05, 4.69) is 35.4 Å². The Morgan fingerprint density at radius 3 is 2.56 bits per heavy atom. The van der Waals surface area contributed by atoms with Crippen molar-refractivity contribution < 1.29 is 27.9 Å². The highest BCUT2D eigenvalue weighted by Gasteiger charge is 2.33. The molecule has 2 aliphatic rings. The van der Waals surface area contributed by atoms with Crippen molar-refractivity contribution in [2.45, 2.75) is 63.6 Å². The van der Waals surface area contributed by atoms with Crippen LogP contribution in [0.15, 0.2) is 48.7 Å². The lowest BCUT2D eigenvalue weighted by molar-refractivity contribution is -0.139. The van der Waals surface area contributed by atoms with Crippen LogP contribution in [0.25, 0.3) is 10.9 Å². The minimum absolute atomic E-state index is 0.0187. The molecule has 1 saturated heterocycles. The number of para-hydroxylation sites is 1. The van der Waals surface area contributed by atoms with E-state index in [0.717, 1.165) is 15.3 Å². The van der Waals surface area contributed by atoms with Crippen molar-refractivity contribution in [3.63, 3.8) is 0 Å². The van der Waals surface area contributed by atoms with Gasteiger partial charge in [0.1, 0.15) is 6.04 Å². The second kappa shape index (κ2) is 12.0. The standard InChI is InChI=1S/C29H38N6O6SSi/c1-43(2,3)15-14-42(40,41)35-26-9-8-20(16-22(26)18-30-35)17-25(27(36)37)32-28(38)33-12-10-23(11-13-33)34-19-21-6-4-5-7-24(21)31-29(34)39/h4-9,16,18,23,25H,10-15,17,19H2,1-3H3,(H,31,39)(H,32,38)(H,36,37)/q-1/t25-/m1/s1. The summed E-state index contributed by atoms with van der Waals surface area (Å²) in [6, 6.07) is 11.5. The van der Waals surface area contributed by atoms with Gasteiger partial charge in [0.25, 0.3) is 10.0 Å². The molecule has 14 heteroatoms. The average molecular weight is 627 g/mol. The van der Waals surface area contributed by atoms with E-state index in [-0.39, 0.29) is 24.2 Å². The van der Waals surface area contributed by atoms with E-state index in [1.165, 1.54) is 6.20 Å². The zero-order valence-electron chi connectivity index (χ0n) is 24.6. The number of urea groups is 2. The zero-order valence-corrected chi connectivity index (χ0v) is 26.4. The van der Waals surface area contributed by atoms with Crippen LogP contribution in [0.2, 0.25) is 25.7 Å². The highest BCUT2D eigenvalue weighted by atomic mass is 32.2. The number of carbonyl (C=O) groups is 3. The lowest BCUT2D eigenvalue weighted by Crippen LogP contribution is -2.54. The van der Waals surface area contributed by atoms with Gasteiger partial charge in [0.05, 0.1) is 11.7 Å². The van der Waals surface area contributed by atoms with E-state index in [0.29, 0.717) is 55.0 Å². The number of hydrogen-bond donors (Lipinski definition) is 3. The summed E-state index contributed by atoms with van der Waals surface area (Å²) in [5.74, 6) is -1.15. The van der Waals surface area contributed by atoms with Crippen LogP contribution in [0.1, 0.15) is 24.0 Å². The van der Waals surface area contributed by atoms with Crippen molar-refractivity contribution >= 4 is 52.7 Å². The summed E-state index contributed by atoms with van der Waals surface area (Å²) >= 11 is 0. The van der Waals surface area contributed by atoms with Gasteiger partial charge < -0.3 is 25.5 Å². The molecule has 0 aliphatic carbocycles. The Morgan fingerprint density at radius 1 is 1.14 bits per heavy atom. The zero-order chi connectivity index (χ0) is 30.9. The second-order valence-corrected chi connectivity index (χ2v) is 20.0. The maximum atomic E-state index is 13.1. The fraction of sp³-hybridized carbons (Fsp3) is 0.448. The highest BCUT2D eigenvalue weighted by Crippen LogP contribution is 2.28. The number of anilines is 1. The molecule has 12 nitrogen and oxygen atoms in total. The molecular weight excluding hydrogens is 589 g/mol. The number of nitrogens with zero attached hydrogens (tertiary/aromatic N) is 4. The number of aromatic nitrogens is 2. The number of likely N-dealkylation sites (tertiary alicyclic amines) is 1. The minimum Gasteiger partial charge on any atom is -0.480 e. The molecule has 3 heterocycles. The number of nitrogens with one attached hydrogen (secondary N) is 2. The highest BCUT2D eigenvalue weighted by molar-refractivity contribution is 7.90. The van der Waals surface area contributed by atoms with Crippen LogP contribution in [-0.4, -0.2) is 89.5 Å². The molecule has 3 aromatic rings. The molecule has 0 spiro atoms. The van der Waals surface area contributed by atoms with E-state index in [1.54, 1.807) is 28.0 Å². The third-order valence-electron chi connectivity index (χ3n) is 8.06. The minimum atomic E-state index is -3.62. The molecule has 0 unspecified atom stereocenters. The van der Waals surface area contributed by atoms with Crippen molar-refractivity contribution in [2.75, 3.05) is 24.2 Å². The molecule has 0 bridgehead atoms. The Balaban J connectivity index is 1.19. The third-order valence-corrected chi connectivity index (χ3v) is 11.7. The first-order valence-corrected chi connectivity index (χ1v) is 19.8. The summed E-state index contributed by atoms with van der Waals surface area (Å²) in [6.45, 7) is 7.64. The van der Waals surface area contributed by atoms with Crippen LogP contribution in [-0.2, 0) is 27.8 Å². The number of carboxylic acids is 1. The van der Waals surface area contributed by atoms with Gasteiger partial charge in [-0.25, -0.2) is 22.8 Å². The van der Waals surface area contributed by atoms with E-state index in [1.807, 2.05) is 24.3 Å². The maximum Gasteiger partial charge on any atom is 0.326 e. The smallest absolute Gasteiger partial charge is 0.326 e. The number of amides is 4. The van der Waals surface area contributed by atoms with Gasteiger partial charge in [-0.2, -0.15) is 28.8 Å². The van der Waals surface area contributed by atoms with Gasteiger partial charge in [-0.1, -0.05) is 24.3 Å². The van der Waals surface area contributed by atoms with Crippen molar-refractivity contribution in [3.05, 3.63) is 59.8 Å². The molecule has 4 amide bonds. The molecule has 2 aromatic carbocycles. The number of carbonyl (C=O) groups excluding carboxylic acids is 2. The van der Waals surface area contributed by atoms with Crippen molar-refractivity contribution in [1.82, 2.24) is 24.3 Å². The number of rotatable bonds is 9. The monoisotopic (exact) mass is 626 g/mol. The largest absolute Gasteiger partial charge is 0.480 e. The number of aliphatic carboxylic acids is 1. The van der Waals surface area contributed by atoms with Gasteiger partial charge in [-0.3, -0.25) is 0 Å². The Hall–Kier alpha value is -3.91. The van der Waals surface area contributed by atoms with Crippen LogP contribution in [0.3, 0.4) is 0 Å². The number of benzene rings is 2. The molecule has 2 aliphatic heterocycles. The normalized spacial score (nSPS) is 17.0. The quantitative estimate of drug-likeness (QED) is 0.306. The molecule has 231 valence electrons. The first kappa shape index (κ1) is 30.5. The van der Waals surface area contributed by atoms with Crippen molar-refractivity contribution in [2.24, 2.45) is 0 Å². The summed E-state index contributed by atoms with van der Waals surface area (Å²) < 4.78 is 26.9. The molecular formula is C29H38N6O6SSi-. The van der Waals surface area contributed by atoms with E-state index in [4.69, 9.17) is 0 Å². The number of fused-ring (bicyclic) bond motifs is 2. The van der Waals surface area contributed by atoms with Crippen LogP contribution in [0.4, 0.5) is 15.3 Å². The van der Waals surface area contributed by atoms with Gasteiger partial charge in [-0.05, 0) is 42.2 Å². The van der Waals surface area contributed by atoms with Crippen molar-refractivity contribution in [1.29, 1.82) is 0 Å². The molecule has 43 heavy (non-hydrogen) atoms.